The molecule has 0 bridgehead atoms. The summed E-state index contributed by atoms with van der Waals surface area (Å²) in [5.74, 6) is 5.27. The summed E-state index contributed by atoms with van der Waals surface area (Å²) in [5, 5.41) is 4.87. The quantitative estimate of drug-likeness (QED) is 0.340. The highest BCUT2D eigenvalue weighted by atomic mass is 35.5. The lowest BCUT2D eigenvalue weighted by atomic mass is 10.1. The Labute approximate surface area is 185 Å². The molecule has 150 valence electrons. The van der Waals surface area contributed by atoms with Crippen LogP contribution in [0, 0.1) is 0 Å². The molecule has 0 aliphatic heterocycles. The van der Waals surface area contributed by atoms with Crippen LogP contribution in [0.2, 0.25) is 20.1 Å². The number of nitrogens with one attached hydrogen (secondary N) is 2. The number of hydrogen-bond donors (Lipinski definition) is 4. The summed E-state index contributed by atoms with van der Waals surface area (Å²) in [5.41, 5.74) is 9.34. The van der Waals surface area contributed by atoms with E-state index in [1.165, 1.54) is 0 Å². The van der Waals surface area contributed by atoms with Gasteiger partial charge in [0.05, 0.1) is 6.04 Å². The van der Waals surface area contributed by atoms with E-state index in [9.17, 15) is 4.79 Å². The van der Waals surface area contributed by atoms with Crippen molar-refractivity contribution in [2.24, 2.45) is 11.6 Å². The molecule has 0 aliphatic carbocycles. The van der Waals surface area contributed by atoms with Crippen LogP contribution in [-0.4, -0.2) is 6.03 Å². The van der Waals surface area contributed by atoms with Crippen molar-refractivity contribution in [3.63, 3.8) is 0 Å². The van der Waals surface area contributed by atoms with Crippen molar-refractivity contribution in [2.45, 2.75) is 25.9 Å². The maximum absolute atomic E-state index is 10.6. The molecule has 0 saturated heterocycles. The molecular weight excluding hydrogens is 453 g/mol. The number of nitrogens with two attached hydrogens (primary N) is 2. The van der Waals surface area contributed by atoms with Crippen LogP contribution in [-0.2, 0) is 0 Å². The van der Waals surface area contributed by atoms with Crippen molar-refractivity contribution >= 4 is 64.8 Å². The van der Waals surface area contributed by atoms with Crippen molar-refractivity contribution in [3.8, 4) is 0 Å². The predicted molar refractivity (Wildman–Crippen MR) is 117 cm³/mol. The van der Waals surface area contributed by atoms with Crippen molar-refractivity contribution in [1.29, 1.82) is 0 Å². The van der Waals surface area contributed by atoms with Gasteiger partial charge in [0.1, 0.15) is 0 Å². The molecule has 0 aliphatic rings. The Hall–Kier alpha value is -0.920. The zero-order valence-corrected chi connectivity index (χ0v) is 18.4. The van der Waals surface area contributed by atoms with Crippen molar-refractivity contribution in [1.82, 2.24) is 10.7 Å². The Morgan fingerprint density at radius 1 is 0.889 bits per heavy atom. The van der Waals surface area contributed by atoms with Gasteiger partial charge in [-0.1, -0.05) is 58.5 Å². The highest BCUT2D eigenvalue weighted by Gasteiger charge is 2.10. The van der Waals surface area contributed by atoms with Crippen LogP contribution in [0.5, 0.6) is 0 Å². The van der Waals surface area contributed by atoms with Crippen molar-refractivity contribution in [2.75, 3.05) is 0 Å². The van der Waals surface area contributed by atoms with Gasteiger partial charge in [-0.3, -0.25) is 11.3 Å². The third-order valence-electron chi connectivity index (χ3n) is 3.47. The molecule has 0 aromatic heterocycles. The largest absolute Gasteiger partial charge is 0.352 e. The monoisotopic (exact) mass is 472 g/mol. The fourth-order valence-corrected chi connectivity index (χ4v) is 3.23. The van der Waals surface area contributed by atoms with Gasteiger partial charge in [-0.25, -0.2) is 4.79 Å². The number of primary amides is 1. The number of urea groups is 1. The van der Waals surface area contributed by atoms with E-state index in [1.54, 1.807) is 37.3 Å². The summed E-state index contributed by atoms with van der Waals surface area (Å²) < 4.78 is 0. The number of rotatable bonds is 4. The summed E-state index contributed by atoms with van der Waals surface area (Å²) >= 11 is 23.3. The van der Waals surface area contributed by atoms with Gasteiger partial charge < -0.3 is 11.1 Å². The van der Waals surface area contributed by atoms with Gasteiger partial charge >= 0.3 is 6.03 Å². The van der Waals surface area contributed by atoms with E-state index in [-0.39, 0.29) is 24.5 Å². The van der Waals surface area contributed by atoms with Crippen LogP contribution < -0.4 is 22.3 Å². The Morgan fingerprint density at radius 3 is 1.63 bits per heavy atom. The van der Waals surface area contributed by atoms with Crippen LogP contribution in [0.15, 0.2) is 36.4 Å². The zero-order chi connectivity index (χ0) is 19.9. The summed E-state index contributed by atoms with van der Waals surface area (Å²) in [6.45, 7) is 3.72. The Morgan fingerprint density at radius 2 is 1.30 bits per heavy atom. The first kappa shape index (κ1) is 26.1. The second-order valence-electron chi connectivity index (χ2n) is 5.45. The normalized spacial score (nSPS) is 12.1. The van der Waals surface area contributed by atoms with Crippen LogP contribution in [0.25, 0.3) is 0 Å². The van der Waals surface area contributed by atoms with Gasteiger partial charge in [0.25, 0.3) is 0 Å². The Kier molecular flexibility index (Phi) is 12.1. The molecule has 10 heteroatoms. The van der Waals surface area contributed by atoms with E-state index in [1.807, 2.05) is 13.0 Å². The third-order valence-corrected chi connectivity index (χ3v) is 4.59. The number of carbonyl (C=O) groups excluding carboxylic acids is 1. The molecule has 6 N–H and O–H groups in total. The van der Waals surface area contributed by atoms with E-state index in [2.05, 4.69) is 10.7 Å². The lowest BCUT2D eigenvalue weighted by Gasteiger charge is -2.13. The standard InChI is InChI=1S/C9H10Cl2N2O.C8H10Cl2N2.ClH/c1-5(13-9(12)14)7-3-2-6(10)4-8(7)11;1-5(12-11)7-3-2-6(9)4-8(7)10;/h2-5H,1H3,(H3,12,13,14);2-5,12H,11H2,1H3;1H/t2*5-;/m11./s1. The molecule has 0 fully saturated rings. The van der Waals surface area contributed by atoms with Gasteiger partial charge in [0.2, 0.25) is 0 Å². The fraction of sp³-hybridized carbons (Fsp3) is 0.235. The lowest BCUT2D eigenvalue weighted by Crippen LogP contribution is -2.31. The summed E-state index contributed by atoms with van der Waals surface area (Å²) in [4.78, 5) is 10.6. The predicted octanol–water partition coefficient (Wildman–Crippen LogP) is 5.66. The van der Waals surface area contributed by atoms with Crippen LogP contribution in [0.1, 0.15) is 37.1 Å². The first-order valence-corrected chi connectivity index (χ1v) is 9.08. The maximum Gasteiger partial charge on any atom is 0.312 e. The van der Waals surface area contributed by atoms with Crippen LogP contribution in [0.3, 0.4) is 0 Å². The molecular formula is C17H21Cl5N4O. The molecule has 0 unspecified atom stereocenters. The van der Waals surface area contributed by atoms with E-state index in [4.69, 9.17) is 58.0 Å². The molecule has 2 aromatic carbocycles. The molecule has 0 radical (unpaired) electrons. The number of hydrazine groups is 1. The van der Waals surface area contributed by atoms with E-state index < -0.39 is 6.03 Å². The van der Waals surface area contributed by atoms with E-state index in [0.29, 0.717) is 20.1 Å². The summed E-state index contributed by atoms with van der Waals surface area (Å²) in [7, 11) is 0. The SMILES string of the molecule is C[C@@H](NC(N)=O)c1ccc(Cl)cc1Cl.C[C@@H](NN)c1ccc(Cl)cc1Cl.Cl. The van der Waals surface area contributed by atoms with Crippen molar-refractivity contribution < 1.29 is 4.79 Å². The molecule has 0 saturated carbocycles. The van der Waals surface area contributed by atoms with Gasteiger partial charge in [0.15, 0.2) is 0 Å². The molecule has 0 spiro atoms. The molecule has 5 nitrogen and oxygen atoms in total. The maximum atomic E-state index is 10.6. The highest BCUT2D eigenvalue weighted by Crippen LogP contribution is 2.26. The molecule has 2 rings (SSSR count). The van der Waals surface area contributed by atoms with Crippen LogP contribution >= 0.6 is 58.8 Å². The second kappa shape index (κ2) is 12.5. The first-order valence-electron chi connectivity index (χ1n) is 7.57. The van der Waals surface area contributed by atoms with Gasteiger partial charge in [-0.15, -0.1) is 12.4 Å². The number of benzene rings is 2. The zero-order valence-electron chi connectivity index (χ0n) is 14.6. The average molecular weight is 475 g/mol. The number of amides is 2. The minimum absolute atomic E-state index is 0. The third kappa shape index (κ3) is 8.75. The Balaban J connectivity index is 0.000000488. The van der Waals surface area contributed by atoms with Gasteiger partial charge in [-0.05, 0) is 49.2 Å². The molecule has 2 atom stereocenters. The fourth-order valence-electron chi connectivity index (χ4n) is 2.09. The number of hydrogen-bond acceptors (Lipinski definition) is 3. The molecule has 2 amide bonds. The van der Waals surface area contributed by atoms with E-state index in [0.717, 1.165) is 11.1 Å². The van der Waals surface area contributed by atoms with Crippen LogP contribution in [0.4, 0.5) is 4.79 Å². The second-order valence-corrected chi connectivity index (χ2v) is 7.14. The lowest BCUT2D eigenvalue weighted by molar-refractivity contribution is 0.246. The van der Waals surface area contributed by atoms with Gasteiger partial charge in [0, 0.05) is 26.1 Å². The highest BCUT2D eigenvalue weighted by molar-refractivity contribution is 6.35. The first-order chi connectivity index (χ1) is 12.1. The number of halogens is 5. The van der Waals surface area contributed by atoms with E-state index >= 15 is 0 Å². The summed E-state index contributed by atoms with van der Waals surface area (Å²) in [6, 6.07) is 9.67. The smallest absolute Gasteiger partial charge is 0.312 e. The summed E-state index contributed by atoms with van der Waals surface area (Å²) in [6.07, 6.45) is 0. The number of carbonyl (C=O) groups is 1. The minimum atomic E-state index is -0.580. The molecule has 27 heavy (non-hydrogen) atoms. The topological polar surface area (TPSA) is 93.2 Å². The molecule has 0 heterocycles. The average Bonchev–Trinajstić information content (AvgIpc) is 2.54. The van der Waals surface area contributed by atoms with Crippen molar-refractivity contribution in [3.05, 3.63) is 67.6 Å². The van der Waals surface area contributed by atoms with Gasteiger partial charge in [-0.2, -0.15) is 0 Å². The minimum Gasteiger partial charge on any atom is -0.352 e. The Bertz CT molecular complexity index is 760. The molecule has 2 aromatic rings.